The van der Waals surface area contributed by atoms with Gasteiger partial charge in [0.15, 0.2) is 5.84 Å². The minimum Gasteiger partial charge on any atom is -0.323 e. The number of anilines is 1. The highest BCUT2D eigenvalue weighted by Gasteiger charge is 2.19. The van der Waals surface area contributed by atoms with Gasteiger partial charge in [-0.1, -0.05) is 59.6 Å². The number of halogens is 2. The van der Waals surface area contributed by atoms with Gasteiger partial charge in [0.05, 0.1) is 11.4 Å². The third-order valence-electron chi connectivity index (χ3n) is 4.95. The van der Waals surface area contributed by atoms with Crippen LogP contribution in [0.15, 0.2) is 70.6 Å². The van der Waals surface area contributed by atoms with Crippen molar-refractivity contribution in [3.8, 4) is 0 Å². The number of carbonyl (C=O) groups excluding carboxylic acids is 1. The molecule has 0 saturated carbocycles. The summed E-state index contributed by atoms with van der Waals surface area (Å²) in [6, 6.07) is 18.5. The molecule has 0 aromatic heterocycles. The molecule has 3 aromatic carbocycles. The van der Waals surface area contributed by atoms with E-state index in [4.69, 9.17) is 28.0 Å². The zero-order valence-electron chi connectivity index (χ0n) is 17.4. The quantitative estimate of drug-likeness (QED) is 0.438. The van der Waals surface area contributed by atoms with E-state index in [0.29, 0.717) is 33.0 Å². The molecule has 0 unspecified atom stereocenters. The molecule has 4 rings (SSSR count). The first-order chi connectivity index (χ1) is 15.4. The lowest BCUT2D eigenvalue weighted by atomic mass is 10.0. The zero-order chi connectivity index (χ0) is 22.7. The molecular formula is C24H20Cl2N4O2. The van der Waals surface area contributed by atoms with Crippen LogP contribution >= 0.6 is 23.2 Å². The highest BCUT2D eigenvalue weighted by atomic mass is 35.5. The molecular weight excluding hydrogens is 447 g/mol. The van der Waals surface area contributed by atoms with Crippen LogP contribution in [-0.4, -0.2) is 24.2 Å². The number of hydrogen-bond acceptors (Lipinski definition) is 5. The van der Waals surface area contributed by atoms with Crippen molar-refractivity contribution in [1.29, 1.82) is 0 Å². The summed E-state index contributed by atoms with van der Waals surface area (Å²) < 4.78 is 0. The van der Waals surface area contributed by atoms with Crippen molar-refractivity contribution in [3.63, 3.8) is 0 Å². The van der Waals surface area contributed by atoms with Gasteiger partial charge in [-0.05, 0) is 49.2 Å². The van der Waals surface area contributed by atoms with Crippen LogP contribution in [0.3, 0.4) is 0 Å². The van der Waals surface area contributed by atoms with Crippen LogP contribution in [0, 0.1) is 13.8 Å². The summed E-state index contributed by atoms with van der Waals surface area (Å²) in [5.41, 5.74) is 8.01. The van der Waals surface area contributed by atoms with Crippen LogP contribution in [-0.2, 0) is 4.84 Å². The third kappa shape index (κ3) is 4.77. The van der Waals surface area contributed by atoms with Gasteiger partial charge in [-0.3, -0.25) is 10.3 Å². The van der Waals surface area contributed by atoms with Gasteiger partial charge in [-0.2, -0.15) is 0 Å². The summed E-state index contributed by atoms with van der Waals surface area (Å²) >= 11 is 12.6. The SMILES string of the molecule is Cc1cccc(C)c1NC(=O)ONC1=Nc2ccc(Cl)cc2C(c2ccccc2Cl)=NC1. The number of amidine groups is 1. The van der Waals surface area contributed by atoms with E-state index in [-0.39, 0.29) is 6.54 Å². The van der Waals surface area contributed by atoms with Crippen LogP contribution in [0.25, 0.3) is 0 Å². The molecule has 1 heterocycles. The summed E-state index contributed by atoms with van der Waals surface area (Å²) in [4.78, 5) is 26.8. The molecule has 0 aliphatic carbocycles. The van der Waals surface area contributed by atoms with Gasteiger partial charge >= 0.3 is 6.09 Å². The number of rotatable bonds is 2. The molecule has 0 radical (unpaired) electrons. The Labute approximate surface area is 195 Å². The molecule has 162 valence electrons. The normalized spacial score (nSPS) is 12.8. The van der Waals surface area contributed by atoms with Crippen molar-refractivity contribution in [2.24, 2.45) is 9.98 Å². The molecule has 6 nitrogen and oxygen atoms in total. The molecule has 3 aromatic rings. The fraction of sp³-hybridized carbons (Fsp3) is 0.125. The Morgan fingerprint density at radius 2 is 1.72 bits per heavy atom. The van der Waals surface area contributed by atoms with Crippen molar-refractivity contribution < 1.29 is 9.63 Å². The summed E-state index contributed by atoms with van der Waals surface area (Å²) in [5, 5.41) is 3.88. The minimum absolute atomic E-state index is 0.156. The summed E-state index contributed by atoms with van der Waals surface area (Å²) in [6.45, 7) is 3.99. The van der Waals surface area contributed by atoms with Gasteiger partial charge in [-0.15, -0.1) is 0 Å². The number of carbonyl (C=O) groups is 1. The number of hydroxylamine groups is 1. The second-order valence-electron chi connectivity index (χ2n) is 7.25. The first kappa shape index (κ1) is 21.9. The predicted molar refractivity (Wildman–Crippen MR) is 130 cm³/mol. The first-order valence-electron chi connectivity index (χ1n) is 9.89. The van der Waals surface area contributed by atoms with Crippen molar-refractivity contribution >= 4 is 52.2 Å². The summed E-state index contributed by atoms with van der Waals surface area (Å²) in [6.07, 6.45) is -0.652. The number of aryl methyl sites for hydroxylation is 2. The largest absolute Gasteiger partial charge is 0.435 e. The van der Waals surface area contributed by atoms with E-state index >= 15 is 0 Å². The lowest BCUT2D eigenvalue weighted by molar-refractivity contribution is 0.134. The lowest BCUT2D eigenvalue weighted by Crippen LogP contribution is -2.31. The molecule has 0 fully saturated rings. The Hall–Kier alpha value is -3.35. The number of nitrogens with one attached hydrogen (secondary N) is 2. The standard InChI is InChI=1S/C24H20Cl2N4O2/c1-14-6-5-7-15(2)22(14)29-24(31)32-30-21-13-27-23(17-8-3-4-9-19(17)26)18-12-16(25)10-11-20(18)28-21/h3-12H,13H2,1-2H3,(H,28,30)(H,29,31). The number of hydrogen-bond donors (Lipinski definition) is 2. The average Bonchev–Trinajstić information content (AvgIpc) is 2.94. The molecule has 0 saturated heterocycles. The Morgan fingerprint density at radius 3 is 2.47 bits per heavy atom. The van der Waals surface area contributed by atoms with E-state index < -0.39 is 6.09 Å². The molecule has 1 aliphatic heterocycles. The van der Waals surface area contributed by atoms with Crippen LogP contribution in [0.2, 0.25) is 10.0 Å². The zero-order valence-corrected chi connectivity index (χ0v) is 19.0. The van der Waals surface area contributed by atoms with Crippen molar-refractivity contribution in [3.05, 3.63) is 93.0 Å². The molecule has 0 bridgehead atoms. The van der Waals surface area contributed by atoms with E-state index in [1.165, 1.54) is 0 Å². The number of amides is 1. The van der Waals surface area contributed by atoms with Gasteiger partial charge < -0.3 is 4.84 Å². The highest BCUT2D eigenvalue weighted by Crippen LogP contribution is 2.30. The Bertz CT molecular complexity index is 1230. The smallest absolute Gasteiger partial charge is 0.323 e. The van der Waals surface area contributed by atoms with Gasteiger partial charge in [0.2, 0.25) is 0 Å². The monoisotopic (exact) mass is 466 g/mol. The number of para-hydroxylation sites is 1. The topological polar surface area (TPSA) is 75.1 Å². The predicted octanol–water partition coefficient (Wildman–Crippen LogP) is 6.24. The van der Waals surface area contributed by atoms with E-state index in [1.807, 2.05) is 50.2 Å². The van der Waals surface area contributed by atoms with Crippen LogP contribution in [0.4, 0.5) is 16.2 Å². The van der Waals surface area contributed by atoms with E-state index in [9.17, 15) is 4.79 Å². The maximum atomic E-state index is 12.3. The first-order valence-corrected chi connectivity index (χ1v) is 10.6. The molecule has 8 heteroatoms. The summed E-state index contributed by atoms with van der Waals surface area (Å²) in [7, 11) is 0. The Balaban J connectivity index is 1.57. The minimum atomic E-state index is -0.652. The Kier molecular flexibility index (Phi) is 6.44. The van der Waals surface area contributed by atoms with Crippen molar-refractivity contribution in [1.82, 2.24) is 5.48 Å². The second kappa shape index (κ2) is 9.42. The lowest BCUT2D eigenvalue weighted by Gasteiger charge is -2.12. The van der Waals surface area contributed by atoms with E-state index in [2.05, 4.69) is 20.8 Å². The number of nitrogens with zero attached hydrogens (tertiary/aromatic N) is 2. The molecule has 2 N–H and O–H groups in total. The number of fused-ring (bicyclic) bond motifs is 1. The van der Waals surface area contributed by atoms with Gasteiger partial charge in [0.25, 0.3) is 0 Å². The van der Waals surface area contributed by atoms with Gasteiger partial charge in [-0.25, -0.2) is 15.3 Å². The van der Waals surface area contributed by atoms with Gasteiger partial charge in [0, 0.05) is 26.9 Å². The number of aliphatic imine (C=N–C) groups is 2. The van der Waals surface area contributed by atoms with Gasteiger partial charge in [0.1, 0.15) is 6.54 Å². The fourth-order valence-electron chi connectivity index (χ4n) is 3.40. The van der Waals surface area contributed by atoms with Crippen molar-refractivity contribution in [2.45, 2.75) is 13.8 Å². The Morgan fingerprint density at radius 1 is 0.969 bits per heavy atom. The molecule has 32 heavy (non-hydrogen) atoms. The van der Waals surface area contributed by atoms with Crippen LogP contribution < -0.4 is 10.8 Å². The highest BCUT2D eigenvalue weighted by molar-refractivity contribution is 6.36. The maximum absolute atomic E-state index is 12.3. The molecule has 0 spiro atoms. The van der Waals surface area contributed by atoms with Crippen LogP contribution in [0.1, 0.15) is 22.3 Å². The van der Waals surface area contributed by atoms with E-state index in [1.54, 1.807) is 24.3 Å². The molecule has 1 amide bonds. The number of benzene rings is 3. The average molecular weight is 467 g/mol. The van der Waals surface area contributed by atoms with Crippen LogP contribution in [0.5, 0.6) is 0 Å². The van der Waals surface area contributed by atoms with Crippen molar-refractivity contribution in [2.75, 3.05) is 11.9 Å². The molecule has 1 aliphatic rings. The third-order valence-corrected chi connectivity index (χ3v) is 5.52. The molecule has 0 atom stereocenters. The second-order valence-corrected chi connectivity index (χ2v) is 8.09. The fourth-order valence-corrected chi connectivity index (χ4v) is 3.80. The van der Waals surface area contributed by atoms with E-state index in [0.717, 1.165) is 22.3 Å². The summed E-state index contributed by atoms with van der Waals surface area (Å²) in [5.74, 6) is 0.368. The maximum Gasteiger partial charge on any atom is 0.435 e.